The quantitative estimate of drug-likeness (QED) is 0.479. The van der Waals surface area contributed by atoms with Gasteiger partial charge in [-0.05, 0) is 61.1 Å². The Morgan fingerprint density at radius 1 is 1.12 bits per heavy atom. The fourth-order valence-corrected chi connectivity index (χ4v) is 5.47. The minimum Gasteiger partial charge on any atom is -0.349 e. The molecule has 5 nitrogen and oxygen atoms in total. The summed E-state index contributed by atoms with van der Waals surface area (Å²) in [7, 11) is 0. The van der Waals surface area contributed by atoms with Gasteiger partial charge in [0.05, 0.1) is 23.1 Å². The van der Waals surface area contributed by atoms with Crippen LogP contribution in [0.2, 0.25) is 0 Å². The monoisotopic (exact) mass is 466 g/mol. The summed E-state index contributed by atoms with van der Waals surface area (Å²) in [6.07, 6.45) is 2.49. The number of imidazole rings is 1. The van der Waals surface area contributed by atoms with E-state index in [1.54, 1.807) is 0 Å². The number of nitrogens with one attached hydrogen (secondary N) is 2. The highest BCUT2D eigenvalue weighted by Crippen LogP contribution is 2.45. The number of nitrogens with two attached hydrogens (primary N) is 1. The Morgan fingerprint density at radius 3 is 2.55 bits per heavy atom. The lowest BCUT2D eigenvalue weighted by atomic mass is 9.79. The second-order valence-corrected chi connectivity index (χ2v) is 10.4. The summed E-state index contributed by atoms with van der Waals surface area (Å²) in [6.45, 7) is 0. The highest BCUT2D eigenvalue weighted by Gasteiger charge is 2.46. The van der Waals surface area contributed by atoms with Crippen molar-refractivity contribution in [3.63, 3.8) is 0 Å². The van der Waals surface area contributed by atoms with Gasteiger partial charge >= 0.3 is 0 Å². The van der Waals surface area contributed by atoms with Gasteiger partial charge in [0.2, 0.25) is 17.8 Å². The van der Waals surface area contributed by atoms with E-state index in [1.165, 1.54) is 0 Å². The van der Waals surface area contributed by atoms with E-state index < -0.39 is 17.9 Å². The highest BCUT2D eigenvalue weighted by molar-refractivity contribution is 5.78. The number of rotatable bonds is 7. The van der Waals surface area contributed by atoms with Crippen LogP contribution in [-0.4, -0.2) is 27.7 Å². The Morgan fingerprint density at radius 2 is 1.88 bits per heavy atom. The lowest BCUT2D eigenvalue weighted by Crippen LogP contribution is -2.39. The predicted molar refractivity (Wildman–Crippen MR) is 116 cm³/mol. The average Bonchev–Trinajstić information content (AvgIpc) is 3.47. The van der Waals surface area contributed by atoms with Crippen LogP contribution in [-0.2, 0) is 4.79 Å². The first-order chi connectivity index (χ1) is 15.6. The zero-order valence-corrected chi connectivity index (χ0v) is 18.4. The number of alkyl halides is 4. The molecule has 1 amide bonds. The fourth-order valence-electron chi connectivity index (χ4n) is 5.47. The number of fused-ring (bicyclic) bond motifs is 1. The Balaban J connectivity index is 1.29. The van der Waals surface area contributed by atoms with Crippen molar-refractivity contribution in [3.05, 3.63) is 29.6 Å². The normalized spacial score (nSPS) is 26.5. The number of aromatic nitrogens is 2. The molecule has 0 radical (unpaired) electrons. The summed E-state index contributed by atoms with van der Waals surface area (Å²) in [5.41, 5.74) is 8.69. The first-order valence-electron chi connectivity index (χ1n) is 11.9. The van der Waals surface area contributed by atoms with Crippen molar-refractivity contribution in [1.82, 2.24) is 15.3 Å². The number of hydrogen-bond acceptors (Lipinski definition) is 3. The molecule has 33 heavy (non-hydrogen) atoms. The molecule has 3 aliphatic carbocycles. The van der Waals surface area contributed by atoms with Gasteiger partial charge in [0.1, 0.15) is 5.82 Å². The topological polar surface area (TPSA) is 83.8 Å². The van der Waals surface area contributed by atoms with Crippen LogP contribution in [0.3, 0.4) is 0 Å². The van der Waals surface area contributed by atoms with Crippen LogP contribution >= 0.6 is 0 Å². The molecule has 0 bridgehead atoms. The van der Waals surface area contributed by atoms with E-state index in [0.717, 1.165) is 23.9 Å². The van der Waals surface area contributed by atoms with E-state index in [0.29, 0.717) is 30.1 Å². The molecule has 1 aromatic carbocycles. The molecule has 0 saturated heterocycles. The van der Waals surface area contributed by atoms with E-state index in [2.05, 4.69) is 15.3 Å². The van der Waals surface area contributed by atoms with Crippen LogP contribution in [0.15, 0.2) is 18.2 Å². The van der Waals surface area contributed by atoms with E-state index >= 15 is 0 Å². The second-order valence-electron chi connectivity index (χ2n) is 10.4. The number of carbonyl (C=O) groups excluding carboxylic acids is 1. The number of halogens is 4. The van der Waals surface area contributed by atoms with Crippen molar-refractivity contribution in [1.29, 1.82) is 0 Å². The van der Waals surface area contributed by atoms with E-state index in [-0.39, 0.29) is 55.9 Å². The van der Waals surface area contributed by atoms with E-state index in [1.807, 2.05) is 18.2 Å². The van der Waals surface area contributed by atoms with Crippen molar-refractivity contribution in [2.24, 2.45) is 23.5 Å². The Hall–Kier alpha value is -2.16. The summed E-state index contributed by atoms with van der Waals surface area (Å²) in [4.78, 5) is 20.3. The summed E-state index contributed by atoms with van der Waals surface area (Å²) in [5.74, 6) is -5.26. The molecule has 1 aromatic heterocycles. The van der Waals surface area contributed by atoms with Gasteiger partial charge < -0.3 is 16.0 Å². The molecule has 3 atom stereocenters. The Labute approximate surface area is 189 Å². The van der Waals surface area contributed by atoms with Gasteiger partial charge in [-0.1, -0.05) is 6.07 Å². The van der Waals surface area contributed by atoms with Crippen molar-refractivity contribution < 1.29 is 22.4 Å². The molecule has 1 heterocycles. The number of carbonyl (C=O) groups is 1. The number of benzene rings is 1. The van der Waals surface area contributed by atoms with Crippen molar-refractivity contribution in [3.8, 4) is 0 Å². The summed E-state index contributed by atoms with van der Waals surface area (Å²) >= 11 is 0. The number of amides is 1. The molecule has 9 heteroatoms. The van der Waals surface area contributed by atoms with Crippen molar-refractivity contribution >= 4 is 16.9 Å². The highest BCUT2D eigenvalue weighted by atomic mass is 19.3. The zero-order chi connectivity index (χ0) is 23.4. The molecule has 180 valence electrons. The van der Waals surface area contributed by atoms with Gasteiger partial charge in [-0.15, -0.1) is 0 Å². The van der Waals surface area contributed by atoms with Crippen LogP contribution in [0.5, 0.6) is 0 Å². The van der Waals surface area contributed by atoms with E-state index in [9.17, 15) is 22.4 Å². The van der Waals surface area contributed by atoms with Crippen LogP contribution in [0.25, 0.3) is 11.0 Å². The van der Waals surface area contributed by atoms with Gasteiger partial charge in [0.15, 0.2) is 0 Å². The van der Waals surface area contributed by atoms with Crippen LogP contribution in [0, 0.1) is 17.8 Å². The maximum atomic E-state index is 13.8. The van der Waals surface area contributed by atoms with Crippen LogP contribution in [0.1, 0.15) is 81.3 Å². The molecule has 0 aliphatic heterocycles. The predicted octanol–water partition coefficient (Wildman–Crippen LogP) is 5.39. The fraction of sp³-hybridized carbons (Fsp3) is 0.667. The Bertz CT molecular complexity index is 1030. The summed E-state index contributed by atoms with van der Waals surface area (Å²) < 4.78 is 53.9. The summed E-state index contributed by atoms with van der Waals surface area (Å²) in [5, 5.41) is 3.05. The third-order valence-electron chi connectivity index (χ3n) is 7.44. The largest absolute Gasteiger partial charge is 0.349 e. The molecule has 2 aromatic rings. The number of aromatic amines is 1. The summed E-state index contributed by atoms with van der Waals surface area (Å²) in [6, 6.07) is 4.91. The molecule has 3 aliphatic rings. The zero-order valence-electron chi connectivity index (χ0n) is 18.4. The molecule has 0 spiro atoms. The molecular weight excluding hydrogens is 436 g/mol. The standard InChI is InChI=1S/C24H30F4N4O/c25-23(26)7-1-2-16(12-23)20(29)22-30-17-6-5-15(9-18(17)31-22)21(14-3-4-14)32-19(33)8-13-10-24(27,28)11-13/h5-6,9,13-14,16,20-21H,1-4,7-8,10-12,29H2,(H,30,31)(H,32,33)/t16-,20?,21-/m1/s1. The molecule has 3 saturated carbocycles. The molecule has 4 N–H and O–H groups in total. The number of nitrogens with zero attached hydrogens (tertiary/aromatic N) is 1. The van der Waals surface area contributed by atoms with Crippen molar-refractivity contribution in [2.45, 2.75) is 81.7 Å². The maximum Gasteiger partial charge on any atom is 0.248 e. The van der Waals surface area contributed by atoms with Crippen LogP contribution < -0.4 is 11.1 Å². The minimum atomic E-state index is -2.68. The second kappa shape index (κ2) is 8.25. The van der Waals surface area contributed by atoms with Gasteiger partial charge in [0, 0.05) is 32.1 Å². The SMILES string of the molecule is NC(c1nc2ccc([C@H](NC(=O)CC3CC(F)(F)C3)C3CC3)cc2[nH]1)[C@@H]1CCCC(F)(F)C1. The van der Waals surface area contributed by atoms with Gasteiger partial charge in [-0.25, -0.2) is 22.5 Å². The smallest absolute Gasteiger partial charge is 0.248 e. The number of H-pyrrole nitrogens is 1. The minimum absolute atomic E-state index is 0.0862. The van der Waals surface area contributed by atoms with Gasteiger partial charge in [0.25, 0.3) is 0 Å². The molecule has 5 rings (SSSR count). The van der Waals surface area contributed by atoms with Gasteiger partial charge in [-0.3, -0.25) is 4.79 Å². The lowest BCUT2D eigenvalue weighted by molar-refractivity contribution is -0.134. The molecule has 3 fully saturated rings. The molecule has 1 unspecified atom stereocenters. The Kier molecular flexibility index (Phi) is 5.66. The third kappa shape index (κ3) is 5.03. The van der Waals surface area contributed by atoms with E-state index in [4.69, 9.17) is 5.73 Å². The number of hydrogen-bond donors (Lipinski definition) is 3. The maximum absolute atomic E-state index is 13.8. The first kappa shape index (κ1) is 22.6. The first-order valence-corrected chi connectivity index (χ1v) is 11.9. The molecular formula is C24H30F4N4O. The van der Waals surface area contributed by atoms with Crippen LogP contribution in [0.4, 0.5) is 17.6 Å². The van der Waals surface area contributed by atoms with Crippen molar-refractivity contribution in [2.75, 3.05) is 0 Å². The average molecular weight is 467 g/mol. The third-order valence-corrected chi connectivity index (χ3v) is 7.44. The lowest BCUT2D eigenvalue weighted by Gasteiger charge is -2.34. The van der Waals surface area contributed by atoms with Gasteiger partial charge in [-0.2, -0.15) is 0 Å².